The number of nitrogens with zero attached hydrogens (tertiary/aromatic N) is 1. The summed E-state index contributed by atoms with van der Waals surface area (Å²) in [6, 6.07) is 12.2. The minimum atomic E-state index is -0.236. The van der Waals surface area contributed by atoms with Crippen molar-refractivity contribution in [1.29, 1.82) is 0 Å². The van der Waals surface area contributed by atoms with Crippen molar-refractivity contribution in [2.24, 2.45) is 0 Å². The monoisotopic (exact) mass is 326 g/mol. The standard InChI is InChI=1S/C18H18N2O4/c1-12(21)20(2)15-6-4-14(5-7-15)19-18(22)13-3-8-16-17(11-13)24-10-9-23-16/h3-8,11H,9-10H2,1-2H3,(H,19,22). The Bertz CT molecular complexity index is 771. The van der Waals surface area contributed by atoms with Gasteiger partial charge in [-0.25, -0.2) is 0 Å². The Morgan fingerprint density at radius 1 is 1.00 bits per heavy atom. The number of carbonyl (C=O) groups excluding carboxylic acids is 2. The summed E-state index contributed by atoms with van der Waals surface area (Å²) in [6.07, 6.45) is 0. The molecular formula is C18H18N2O4. The number of amides is 2. The van der Waals surface area contributed by atoms with Crippen LogP contribution < -0.4 is 19.7 Å². The molecule has 2 amide bonds. The molecule has 1 aliphatic rings. The predicted octanol–water partition coefficient (Wildman–Crippen LogP) is 2.69. The molecule has 2 aromatic carbocycles. The predicted molar refractivity (Wildman–Crippen MR) is 90.9 cm³/mol. The number of carbonyl (C=O) groups is 2. The Kier molecular flexibility index (Phi) is 4.37. The lowest BCUT2D eigenvalue weighted by Gasteiger charge is -2.18. The van der Waals surface area contributed by atoms with Crippen molar-refractivity contribution in [3.8, 4) is 11.5 Å². The highest BCUT2D eigenvalue weighted by molar-refractivity contribution is 6.04. The molecule has 0 saturated heterocycles. The second kappa shape index (κ2) is 6.62. The van der Waals surface area contributed by atoms with Crippen LogP contribution in [0, 0.1) is 0 Å². The minimum Gasteiger partial charge on any atom is -0.486 e. The first kappa shape index (κ1) is 15.9. The largest absolute Gasteiger partial charge is 0.486 e. The molecule has 0 unspecified atom stereocenters. The molecule has 0 aliphatic carbocycles. The van der Waals surface area contributed by atoms with E-state index in [1.807, 2.05) is 0 Å². The summed E-state index contributed by atoms with van der Waals surface area (Å²) in [4.78, 5) is 25.2. The fourth-order valence-electron chi connectivity index (χ4n) is 2.34. The molecule has 24 heavy (non-hydrogen) atoms. The SMILES string of the molecule is CC(=O)N(C)c1ccc(NC(=O)c2ccc3c(c2)OCCO3)cc1. The normalized spacial score (nSPS) is 12.4. The van der Waals surface area contributed by atoms with Crippen LogP contribution in [-0.4, -0.2) is 32.1 Å². The summed E-state index contributed by atoms with van der Waals surface area (Å²) >= 11 is 0. The molecule has 0 atom stereocenters. The molecule has 0 spiro atoms. The first-order valence-electron chi connectivity index (χ1n) is 7.60. The molecular weight excluding hydrogens is 308 g/mol. The Hall–Kier alpha value is -3.02. The van der Waals surface area contributed by atoms with Crippen molar-refractivity contribution < 1.29 is 19.1 Å². The van der Waals surface area contributed by atoms with E-state index in [9.17, 15) is 9.59 Å². The minimum absolute atomic E-state index is 0.0527. The third-order valence-corrected chi connectivity index (χ3v) is 3.79. The zero-order valence-corrected chi connectivity index (χ0v) is 13.5. The van der Waals surface area contributed by atoms with Gasteiger partial charge in [0.15, 0.2) is 11.5 Å². The van der Waals surface area contributed by atoms with E-state index < -0.39 is 0 Å². The van der Waals surface area contributed by atoms with E-state index in [4.69, 9.17) is 9.47 Å². The zero-order chi connectivity index (χ0) is 17.1. The van der Waals surface area contributed by atoms with Crippen LogP contribution >= 0.6 is 0 Å². The lowest BCUT2D eigenvalue weighted by atomic mass is 10.1. The van der Waals surface area contributed by atoms with Crippen molar-refractivity contribution in [3.63, 3.8) is 0 Å². The average Bonchev–Trinajstić information content (AvgIpc) is 2.61. The number of benzene rings is 2. The van der Waals surface area contributed by atoms with Crippen molar-refractivity contribution in [2.45, 2.75) is 6.92 Å². The zero-order valence-electron chi connectivity index (χ0n) is 13.5. The highest BCUT2D eigenvalue weighted by Gasteiger charge is 2.15. The summed E-state index contributed by atoms with van der Waals surface area (Å²) in [6.45, 7) is 2.49. The Labute approximate surface area is 140 Å². The molecule has 1 heterocycles. The van der Waals surface area contributed by atoms with E-state index >= 15 is 0 Å². The molecule has 0 bridgehead atoms. The number of fused-ring (bicyclic) bond motifs is 1. The van der Waals surface area contributed by atoms with Crippen molar-refractivity contribution in [3.05, 3.63) is 48.0 Å². The lowest BCUT2D eigenvalue weighted by Crippen LogP contribution is -2.22. The number of hydrogen-bond donors (Lipinski definition) is 1. The molecule has 0 aromatic heterocycles. The molecule has 124 valence electrons. The topological polar surface area (TPSA) is 67.9 Å². The molecule has 0 fully saturated rings. The van der Waals surface area contributed by atoms with E-state index in [1.165, 1.54) is 11.8 Å². The number of ether oxygens (including phenoxy) is 2. The fourth-order valence-corrected chi connectivity index (χ4v) is 2.34. The number of rotatable bonds is 3. The van der Waals surface area contributed by atoms with E-state index in [0.717, 1.165) is 5.69 Å². The summed E-state index contributed by atoms with van der Waals surface area (Å²) in [5.74, 6) is 0.935. The van der Waals surface area contributed by atoms with Gasteiger partial charge in [-0.05, 0) is 42.5 Å². The van der Waals surface area contributed by atoms with Crippen LogP contribution in [0.2, 0.25) is 0 Å². The average molecular weight is 326 g/mol. The Morgan fingerprint density at radius 2 is 1.67 bits per heavy atom. The first-order valence-corrected chi connectivity index (χ1v) is 7.60. The van der Waals surface area contributed by atoms with Gasteiger partial charge in [-0.3, -0.25) is 9.59 Å². The third-order valence-electron chi connectivity index (χ3n) is 3.79. The number of hydrogen-bond acceptors (Lipinski definition) is 4. The van der Waals surface area contributed by atoms with Crippen molar-refractivity contribution in [2.75, 3.05) is 30.5 Å². The Morgan fingerprint density at radius 3 is 2.33 bits per heavy atom. The van der Waals surface area contributed by atoms with E-state index in [1.54, 1.807) is 49.5 Å². The van der Waals surface area contributed by atoms with Crippen LogP contribution in [0.15, 0.2) is 42.5 Å². The molecule has 2 aromatic rings. The first-order chi connectivity index (χ1) is 11.5. The summed E-state index contributed by atoms with van der Waals surface area (Å²) < 4.78 is 10.9. The van der Waals surface area contributed by atoms with Gasteiger partial charge in [-0.15, -0.1) is 0 Å². The van der Waals surface area contributed by atoms with Crippen LogP contribution in [-0.2, 0) is 4.79 Å². The van der Waals surface area contributed by atoms with Crippen LogP contribution in [0.3, 0.4) is 0 Å². The maximum Gasteiger partial charge on any atom is 0.255 e. The van der Waals surface area contributed by atoms with Gasteiger partial charge in [0.2, 0.25) is 5.91 Å². The summed E-state index contributed by atoms with van der Waals surface area (Å²) in [5, 5.41) is 2.82. The molecule has 1 N–H and O–H groups in total. The smallest absolute Gasteiger partial charge is 0.255 e. The second-order valence-corrected chi connectivity index (χ2v) is 5.44. The van der Waals surface area contributed by atoms with Crippen LogP contribution in [0.25, 0.3) is 0 Å². The van der Waals surface area contributed by atoms with Crippen molar-refractivity contribution >= 4 is 23.2 Å². The van der Waals surface area contributed by atoms with E-state index in [0.29, 0.717) is 36.0 Å². The van der Waals surface area contributed by atoms with Gasteiger partial charge >= 0.3 is 0 Å². The molecule has 0 radical (unpaired) electrons. The van der Waals surface area contributed by atoms with Gasteiger partial charge in [-0.1, -0.05) is 0 Å². The highest BCUT2D eigenvalue weighted by atomic mass is 16.6. The van der Waals surface area contributed by atoms with Gasteiger partial charge in [0.05, 0.1) is 0 Å². The van der Waals surface area contributed by atoms with Gasteiger partial charge in [-0.2, -0.15) is 0 Å². The fraction of sp³-hybridized carbons (Fsp3) is 0.222. The quantitative estimate of drug-likeness (QED) is 0.941. The van der Waals surface area contributed by atoms with Gasteiger partial charge < -0.3 is 19.7 Å². The number of nitrogens with one attached hydrogen (secondary N) is 1. The van der Waals surface area contributed by atoms with E-state index in [-0.39, 0.29) is 11.8 Å². The molecule has 6 nitrogen and oxygen atoms in total. The summed E-state index contributed by atoms with van der Waals surface area (Å²) in [7, 11) is 1.70. The van der Waals surface area contributed by atoms with Crippen molar-refractivity contribution in [1.82, 2.24) is 0 Å². The van der Waals surface area contributed by atoms with Gasteiger partial charge in [0.1, 0.15) is 13.2 Å². The lowest BCUT2D eigenvalue weighted by molar-refractivity contribution is -0.116. The van der Waals surface area contributed by atoms with Gasteiger partial charge in [0, 0.05) is 30.9 Å². The maximum absolute atomic E-state index is 12.4. The number of anilines is 2. The van der Waals surface area contributed by atoms with Crippen LogP contribution in [0.1, 0.15) is 17.3 Å². The molecule has 6 heteroatoms. The van der Waals surface area contributed by atoms with Gasteiger partial charge in [0.25, 0.3) is 5.91 Å². The molecule has 0 saturated carbocycles. The van der Waals surface area contributed by atoms with Crippen LogP contribution in [0.4, 0.5) is 11.4 Å². The summed E-state index contributed by atoms with van der Waals surface area (Å²) in [5.41, 5.74) is 1.90. The third kappa shape index (κ3) is 3.32. The molecule has 3 rings (SSSR count). The Balaban J connectivity index is 1.71. The molecule has 1 aliphatic heterocycles. The maximum atomic E-state index is 12.4. The van der Waals surface area contributed by atoms with Crippen LogP contribution in [0.5, 0.6) is 11.5 Å². The van der Waals surface area contributed by atoms with E-state index in [2.05, 4.69) is 5.32 Å². The highest BCUT2D eigenvalue weighted by Crippen LogP contribution is 2.31. The second-order valence-electron chi connectivity index (χ2n) is 5.44.